The van der Waals surface area contributed by atoms with Crippen LogP contribution in [0.3, 0.4) is 0 Å². The Morgan fingerprint density at radius 1 is 0.266 bits per heavy atom. The van der Waals surface area contributed by atoms with E-state index in [0.29, 0.717) is 0 Å². The number of ether oxygens (including phenoxy) is 13. The molecule has 0 spiro atoms. The second-order valence-electron chi connectivity index (χ2n) is 16.3. The molecule has 0 radical (unpaired) electrons. The molecule has 0 saturated carbocycles. The highest BCUT2D eigenvalue weighted by atomic mass is 16.8. The molecule has 64 heavy (non-hydrogen) atoms. The van der Waals surface area contributed by atoms with Gasteiger partial charge in [0.15, 0.2) is 44.0 Å². The molecule has 0 aromatic carbocycles. The number of rotatable bonds is 19. The smallest absolute Gasteiger partial charge is 0.187 e. The lowest BCUT2D eigenvalue weighted by atomic mass is 10.1. The predicted molar refractivity (Wildman–Crippen MR) is 190 cm³/mol. The monoisotopic (exact) mass is 942 g/mol. The second kappa shape index (κ2) is 21.6. The summed E-state index contributed by atoms with van der Waals surface area (Å²) in [4.78, 5) is 0. The predicted octanol–water partition coefficient (Wildman–Crippen LogP) is -11.8. The lowest BCUT2D eigenvalue weighted by Crippen LogP contribution is -2.48. The Labute approximate surface area is 361 Å². The molecular formula is C35H58O29. The van der Waals surface area contributed by atoms with E-state index in [4.69, 9.17) is 61.6 Å². The molecule has 0 bridgehead atoms. The van der Waals surface area contributed by atoms with E-state index in [9.17, 15) is 81.7 Å². The zero-order valence-electron chi connectivity index (χ0n) is 33.6. The molecule has 0 aromatic heterocycles. The molecule has 372 valence electrons. The first-order valence-corrected chi connectivity index (χ1v) is 20.5. The maximum absolute atomic E-state index is 11.4. The van der Waals surface area contributed by atoms with Crippen molar-refractivity contribution in [2.75, 3.05) is 46.2 Å². The van der Waals surface area contributed by atoms with Gasteiger partial charge in [0, 0.05) is 0 Å². The molecule has 7 heterocycles. The van der Waals surface area contributed by atoms with Gasteiger partial charge in [-0.15, -0.1) is 0 Å². The Balaban J connectivity index is 1.14. The fraction of sp³-hybridized carbons (Fsp3) is 1.00. The molecule has 0 aromatic rings. The maximum Gasteiger partial charge on any atom is 0.187 e. The van der Waals surface area contributed by atoms with Crippen LogP contribution in [0.25, 0.3) is 0 Å². The molecule has 29 heteroatoms. The van der Waals surface area contributed by atoms with Gasteiger partial charge in [-0.1, -0.05) is 0 Å². The topological polar surface area (TPSA) is 444 Å². The van der Waals surface area contributed by atoms with Crippen LogP contribution in [0.2, 0.25) is 0 Å². The molecule has 7 rings (SSSR count). The van der Waals surface area contributed by atoms with Crippen molar-refractivity contribution >= 4 is 0 Å². The van der Waals surface area contributed by atoms with Gasteiger partial charge in [-0.25, -0.2) is 0 Å². The van der Waals surface area contributed by atoms with Gasteiger partial charge < -0.3 is 143 Å². The fourth-order valence-corrected chi connectivity index (χ4v) is 8.25. The van der Waals surface area contributed by atoms with Gasteiger partial charge in [-0.3, -0.25) is 0 Å². The molecule has 16 N–H and O–H groups in total. The van der Waals surface area contributed by atoms with E-state index in [-0.39, 0.29) is 0 Å². The summed E-state index contributed by atoms with van der Waals surface area (Å²) in [6.45, 7) is -4.86. The SMILES string of the molecule is OC[C@H]1O[C@H](OC[C@H]2O[C@H](OC[C@H]3O[C@H](OC[C@H]4O[C@H](O)[C@@H](O)[C@@H]4O)[C@@H](O)[C@@H]3O[C@H]3O[C@H](CO)[C@@H](O)[C@@H]3O)[C@@H](O[C@H]3O[C@H](CO)[C@@H](O)[C@@H]3O)[C@@H]2O[C@H]2O[C@H](CO)[C@@H](O)[C@@H]2O)[C@@H](O)[C@@H]1O. The zero-order chi connectivity index (χ0) is 46.3. The van der Waals surface area contributed by atoms with Crippen LogP contribution in [-0.4, -0.2) is 300 Å². The van der Waals surface area contributed by atoms with E-state index >= 15 is 0 Å². The molecular weight excluding hydrogens is 884 g/mol. The van der Waals surface area contributed by atoms with Crippen molar-refractivity contribution in [3.63, 3.8) is 0 Å². The van der Waals surface area contributed by atoms with Crippen LogP contribution in [0.1, 0.15) is 0 Å². The Morgan fingerprint density at radius 2 is 0.578 bits per heavy atom. The highest BCUT2D eigenvalue weighted by Gasteiger charge is 2.57. The van der Waals surface area contributed by atoms with E-state index in [1.54, 1.807) is 0 Å². The molecule has 7 aliphatic rings. The summed E-state index contributed by atoms with van der Waals surface area (Å²) in [7, 11) is 0. The third kappa shape index (κ3) is 10.2. The minimum Gasteiger partial charge on any atom is -0.394 e. The quantitative estimate of drug-likeness (QED) is 0.0572. The van der Waals surface area contributed by atoms with E-state index in [1.807, 2.05) is 0 Å². The van der Waals surface area contributed by atoms with Crippen LogP contribution in [0.15, 0.2) is 0 Å². The van der Waals surface area contributed by atoms with Gasteiger partial charge in [-0.2, -0.15) is 0 Å². The van der Waals surface area contributed by atoms with Crippen molar-refractivity contribution in [3.05, 3.63) is 0 Å². The van der Waals surface area contributed by atoms with Gasteiger partial charge in [0.1, 0.15) is 128 Å². The molecule has 29 nitrogen and oxygen atoms in total. The lowest BCUT2D eigenvalue weighted by molar-refractivity contribution is -0.270. The minimum atomic E-state index is -1.81. The number of aliphatic hydroxyl groups excluding tert-OH is 16. The summed E-state index contributed by atoms with van der Waals surface area (Å²) in [6, 6.07) is 0. The summed E-state index contributed by atoms with van der Waals surface area (Å²) in [6.07, 6.45) is -44.8. The molecule has 7 aliphatic heterocycles. The van der Waals surface area contributed by atoms with Crippen LogP contribution in [0, 0.1) is 0 Å². The van der Waals surface area contributed by atoms with E-state index in [1.165, 1.54) is 0 Å². The number of hydrogen-bond donors (Lipinski definition) is 16. The van der Waals surface area contributed by atoms with Gasteiger partial charge in [0.2, 0.25) is 0 Å². The van der Waals surface area contributed by atoms with Gasteiger partial charge in [0.25, 0.3) is 0 Å². The summed E-state index contributed by atoms with van der Waals surface area (Å²) in [5, 5.41) is 165. The van der Waals surface area contributed by atoms with Crippen molar-refractivity contribution < 1.29 is 143 Å². The van der Waals surface area contributed by atoms with E-state index in [0.717, 1.165) is 0 Å². The highest BCUT2D eigenvalue weighted by molar-refractivity contribution is 4.98. The van der Waals surface area contributed by atoms with Crippen molar-refractivity contribution in [2.24, 2.45) is 0 Å². The average Bonchev–Trinajstić information content (AvgIpc) is 4.11. The Kier molecular flexibility index (Phi) is 17.1. The van der Waals surface area contributed by atoms with Crippen molar-refractivity contribution in [1.29, 1.82) is 0 Å². The first kappa shape index (κ1) is 50.7. The van der Waals surface area contributed by atoms with Crippen LogP contribution in [0.5, 0.6) is 0 Å². The summed E-state index contributed by atoms with van der Waals surface area (Å²) in [5.74, 6) is 0. The van der Waals surface area contributed by atoms with Gasteiger partial charge >= 0.3 is 0 Å². The lowest BCUT2D eigenvalue weighted by Gasteiger charge is -2.31. The first-order chi connectivity index (χ1) is 30.5. The third-order valence-corrected chi connectivity index (χ3v) is 12.0. The summed E-state index contributed by atoms with van der Waals surface area (Å²) < 4.78 is 74.5. The standard InChI is InChI=1S/C35H58O29/c36-1-8-15(40)21(46)30(56-8)53-7-14-27(63-33-23(48)17(42)10(3-38)58-33)28(64-34-24(49)18(43)11(4-39)59-34)35(61-14)54-6-13-26(62-32-22(47)16(41)9(2-37)57-32)25(50)31(60-13)52-5-12-19(44)20(45)29(51)55-12/h8-51H,1-7H2/t8-,9-,10-,11-,12-,13-,14-,15-,16-,17-,18-,19-,20+,21+,22+,23+,24+,25+,26-,27-,28+,29+,30+,31+,32-,33-,34-,35+/m1/s1. The molecule has 0 unspecified atom stereocenters. The van der Waals surface area contributed by atoms with Crippen molar-refractivity contribution in [1.82, 2.24) is 0 Å². The second-order valence-corrected chi connectivity index (χ2v) is 16.3. The van der Waals surface area contributed by atoms with Crippen molar-refractivity contribution in [3.8, 4) is 0 Å². The van der Waals surface area contributed by atoms with E-state index in [2.05, 4.69) is 0 Å². The van der Waals surface area contributed by atoms with Gasteiger partial charge in [0.05, 0.1) is 46.2 Å². The van der Waals surface area contributed by atoms with Gasteiger partial charge in [-0.05, 0) is 0 Å². The number of hydrogen-bond acceptors (Lipinski definition) is 29. The minimum absolute atomic E-state index is 0.575. The van der Waals surface area contributed by atoms with Crippen LogP contribution < -0.4 is 0 Å². The Bertz CT molecular complexity index is 1460. The van der Waals surface area contributed by atoms with E-state index < -0.39 is 218 Å². The molecule has 7 fully saturated rings. The third-order valence-electron chi connectivity index (χ3n) is 12.0. The molecule has 7 saturated heterocycles. The first-order valence-electron chi connectivity index (χ1n) is 20.5. The normalized spacial score (nSPS) is 53.1. The molecule has 28 atom stereocenters. The Morgan fingerprint density at radius 3 is 1.00 bits per heavy atom. The fourth-order valence-electron chi connectivity index (χ4n) is 8.25. The van der Waals surface area contributed by atoms with Crippen LogP contribution >= 0.6 is 0 Å². The molecule has 0 aliphatic carbocycles. The molecule has 0 amide bonds. The largest absolute Gasteiger partial charge is 0.394 e. The van der Waals surface area contributed by atoms with Crippen molar-refractivity contribution in [2.45, 2.75) is 172 Å². The average molecular weight is 943 g/mol. The highest BCUT2D eigenvalue weighted by Crippen LogP contribution is 2.38. The van der Waals surface area contributed by atoms with Crippen LogP contribution in [0.4, 0.5) is 0 Å². The van der Waals surface area contributed by atoms with Crippen LogP contribution in [-0.2, 0) is 61.6 Å². The Hall–Kier alpha value is -1.16. The number of aliphatic hydroxyl groups is 16. The maximum atomic E-state index is 11.4. The summed E-state index contributed by atoms with van der Waals surface area (Å²) >= 11 is 0. The zero-order valence-corrected chi connectivity index (χ0v) is 33.6. The summed E-state index contributed by atoms with van der Waals surface area (Å²) in [5.41, 5.74) is 0.